The molecule has 1 aromatic carbocycles. The molecular formula is C28H45FN4O4. The highest BCUT2D eigenvalue weighted by Crippen LogP contribution is 2.35. The Kier molecular flexibility index (Phi) is 11.9. The fraction of sp³-hybridized carbons (Fsp3) is 0.714. The van der Waals surface area contributed by atoms with E-state index >= 15 is 0 Å². The monoisotopic (exact) mass is 520 g/mol. The number of benzene rings is 1. The lowest BCUT2D eigenvalue weighted by Gasteiger charge is -2.38. The third-order valence-electron chi connectivity index (χ3n) is 7.70. The summed E-state index contributed by atoms with van der Waals surface area (Å²) in [6, 6.07) is 4.80. The minimum Gasteiger partial charge on any atom is -0.453 e. The molecular weight excluding hydrogens is 475 g/mol. The lowest BCUT2D eigenvalue weighted by atomic mass is 9.84. The second-order valence-corrected chi connectivity index (χ2v) is 10.5. The molecule has 9 heteroatoms. The molecule has 3 atom stereocenters. The number of hydrogen-bond acceptors (Lipinski definition) is 5. The fourth-order valence-electron chi connectivity index (χ4n) is 5.78. The molecule has 0 radical (unpaired) electrons. The summed E-state index contributed by atoms with van der Waals surface area (Å²) in [6.07, 6.45) is 8.21. The highest BCUT2D eigenvalue weighted by atomic mass is 19.1. The quantitative estimate of drug-likeness (QED) is 0.373. The number of methoxy groups -OCH3 is 1. The number of carbonyl (C=O) groups is 2. The molecule has 0 spiro atoms. The van der Waals surface area contributed by atoms with Crippen molar-refractivity contribution in [2.45, 2.75) is 70.4 Å². The third-order valence-corrected chi connectivity index (χ3v) is 7.70. The molecule has 1 aromatic rings. The second-order valence-electron chi connectivity index (χ2n) is 10.5. The van der Waals surface area contributed by atoms with Crippen LogP contribution in [0.5, 0.6) is 0 Å². The van der Waals surface area contributed by atoms with Crippen molar-refractivity contribution in [2.75, 3.05) is 46.9 Å². The molecule has 0 bridgehead atoms. The summed E-state index contributed by atoms with van der Waals surface area (Å²) in [5.41, 5.74) is 1.73. The van der Waals surface area contributed by atoms with Gasteiger partial charge in [0.15, 0.2) is 0 Å². The van der Waals surface area contributed by atoms with Gasteiger partial charge in [-0.15, -0.1) is 0 Å². The molecule has 1 saturated heterocycles. The summed E-state index contributed by atoms with van der Waals surface area (Å²) in [4.78, 5) is 26.6. The van der Waals surface area contributed by atoms with E-state index in [1.54, 1.807) is 6.07 Å². The topological polar surface area (TPSA) is 91.9 Å². The van der Waals surface area contributed by atoms with E-state index in [1.165, 1.54) is 51.3 Å². The Morgan fingerprint density at radius 2 is 1.95 bits per heavy atom. The molecule has 3 N–H and O–H groups in total. The van der Waals surface area contributed by atoms with E-state index in [0.29, 0.717) is 19.0 Å². The number of alkyl carbamates (subject to hydrolysis) is 1. The Morgan fingerprint density at radius 1 is 1.16 bits per heavy atom. The minimum atomic E-state index is -0.521. The van der Waals surface area contributed by atoms with Crippen LogP contribution in [0.3, 0.4) is 0 Å². The number of urea groups is 1. The van der Waals surface area contributed by atoms with Crippen molar-refractivity contribution in [3.63, 3.8) is 0 Å². The van der Waals surface area contributed by atoms with Crippen LogP contribution in [0.2, 0.25) is 0 Å². The first-order valence-corrected chi connectivity index (χ1v) is 13.8. The number of ether oxygens (including phenoxy) is 2. The van der Waals surface area contributed by atoms with Crippen LogP contribution in [0.25, 0.3) is 0 Å². The highest BCUT2D eigenvalue weighted by molar-refractivity contribution is 5.74. The standard InChI is InChI=1S/C28H45FN4O4/c1-20-11-12-23(29)17-25(20)26(37-15-13-31-28(35)36-3)22-10-7-14-33(19-22)27(34)32-24(18-30-2)16-21-8-5-4-6-9-21/h11-12,17,21-22,24,26,30H,4-10,13-16,18-19H2,1-3H3,(H,31,35)(H,32,34)/t22-,24+,26?/m1/s1. The van der Waals surface area contributed by atoms with Crippen molar-refractivity contribution < 1.29 is 23.5 Å². The van der Waals surface area contributed by atoms with E-state index in [1.807, 2.05) is 18.9 Å². The molecule has 2 aliphatic rings. The Morgan fingerprint density at radius 3 is 2.68 bits per heavy atom. The van der Waals surface area contributed by atoms with Crippen LogP contribution in [0.15, 0.2) is 18.2 Å². The number of likely N-dealkylation sites (tertiary alicyclic amines) is 1. The van der Waals surface area contributed by atoms with E-state index in [-0.39, 0.29) is 43.1 Å². The maximum atomic E-state index is 14.2. The molecule has 1 saturated carbocycles. The normalized spacial score (nSPS) is 20.2. The summed E-state index contributed by atoms with van der Waals surface area (Å²) in [6.45, 7) is 4.45. The van der Waals surface area contributed by atoms with E-state index in [9.17, 15) is 14.0 Å². The van der Waals surface area contributed by atoms with Crippen LogP contribution < -0.4 is 16.0 Å². The second kappa shape index (κ2) is 15.1. The van der Waals surface area contributed by atoms with Crippen LogP contribution in [0.1, 0.15) is 68.6 Å². The van der Waals surface area contributed by atoms with Crippen molar-refractivity contribution in [1.82, 2.24) is 20.9 Å². The molecule has 0 aromatic heterocycles. The molecule has 1 aliphatic carbocycles. The number of halogens is 1. The zero-order valence-electron chi connectivity index (χ0n) is 22.7. The highest BCUT2D eigenvalue weighted by Gasteiger charge is 2.33. The zero-order chi connectivity index (χ0) is 26.6. The number of hydrogen-bond donors (Lipinski definition) is 3. The molecule has 3 rings (SSSR count). The summed E-state index contributed by atoms with van der Waals surface area (Å²) in [5, 5.41) is 9.15. The summed E-state index contributed by atoms with van der Waals surface area (Å²) in [7, 11) is 3.24. The predicted octanol–water partition coefficient (Wildman–Crippen LogP) is 4.53. The third kappa shape index (κ3) is 9.14. The van der Waals surface area contributed by atoms with Crippen LogP contribution >= 0.6 is 0 Å². The van der Waals surface area contributed by atoms with E-state index in [2.05, 4.69) is 20.7 Å². The van der Waals surface area contributed by atoms with E-state index < -0.39 is 6.09 Å². The van der Waals surface area contributed by atoms with Crippen LogP contribution in [0, 0.1) is 24.6 Å². The summed E-state index contributed by atoms with van der Waals surface area (Å²) >= 11 is 0. The number of amides is 3. The number of rotatable bonds is 11. The van der Waals surface area contributed by atoms with Crippen molar-refractivity contribution in [3.8, 4) is 0 Å². The van der Waals surface area contributed by atoms with Gasteiger partial charge < -0.3 is 30.3 Å². The van der Waals surface area contributed by atoms with Gasteiger partial charge in [-0.25, -0.2) is 14.0 Å². The number of nitrogens with one attached hydrogen (secondary N) is 3. The first-order chi connectivity index (χ1) is 17.9. The number of carbonyl (C=O) groups excluding carboxylic acids is 2. The molecule has 1 unspecified atom stereocenters. The number of aryl methyl sites for hydroxylation is 1. The van der Waals surface area contributed by atoms with Gasteiger partial charge in [0.2, 0.25) is 0 Å². The van der Waals surface area contributed by atoms with Gasteiger partial charge in [-0.2, -0.15) is 0 Å². The van der Waals surface area contributed by atoms with Crippen molar-refractivity contribution >= 4 is 12.1 Å². The SMILES string of the molecule is CNC[C@H](CC1CCCCC1)NC(=O)N1CCC[C@@H](C(OCCNC(=O)OC)c2cc(F)ccc2C)C1. The van der Waals surface area contributed by atoms with Crippen LogP contribution in [-0.4, -0.2) is 70.0 Å². The van der Waals surface area contributed by atoms with Gasteiger partial charge in [0.1, 0.15) is 5.82 Å². The van der Waals surface area contributed by atoms with Gasteiger partial charge in [0.25, 0.3) is 0 Å². The molecule has 37 heavy (non-hydrogen) atoms. The zero-order valence-corrected chi connectivity index (χ0v) is 22.7. The van der Waals surface area contributed by atoms with Gasteiger partial charge in [-0.05, 0) is 62.4 Å². The predicted molar refractivity (Wildman–Crippen MR) is 142 cm³/mol. The molecule has 208 valence electrons. The molecule has 2 fully saturated rings. The Labute approximate surface area is 221 Å². The summed E-state index contributed by atoms with van der Waals surface area (Å²) < 4.78 is 25.1. The maximum absolute atomic E-state index is 14.2. The summed E-state index contributed by atoms with van der Waals surface area (Å²) in [5.74, 6) is 0.373. The average molecular weight is 521 g/mol. The van der Waals surface area contributed by atoms with Gasteiger partial charge in [-0.3, -0.25) is 0 Å². The number of likely N-dealkylation sites (N-methyl/N-ethyl adjacent to an activating group) is 1. The fourth-order valence-corrected chi connectivity index (χ4v) is 5.78. The van der Waals surface area contributed by atoms with E-state index in [4.69, 9.17) is 4.74 Å². The molecule has 1 aliphatic heterocycles. The smallest absolute Gasteiger partial charge is 0.406 e. The first-order valence-electron chi connectivity index (χ1n) is 13.8. The van der Waals surface area contributed by atoms with Crippen LogP contribution in [-0.2, 0) is 9.47 Å². The Bertz CT molecular complexity index is 865. The first kappa shape index (κ1) is 29.2. The van der Waals surface area contributed by atoms with Crippen molar-refractivity contribution in [3.05, 3.63) is 35.1 Å². The molecule has 8 nitrogen and oxygen atoms in total. The van der Waals surface area contributed by atoms with Gasteiger partial charge >= 0.3 is 12.1 Å². The Hall–Kier alpha value is -2.39. The largest absolute Gasteiger partial charge is 0.453 e. The van der Waals surface area contributed by atoms with Gasteiger partial charge in [0, 0.05) is 38.1 Å². The van der Waals surface area contributed by atoms with Gasteiger partial charge in [0.05, 0.1) is 19.8 Å². The van der Waals surface area contributed by atoms with Crippen molar-refractivity contribution in [1.29, 1.82) is 0 Å². The molecule has 3 amide bonds. The Balaban J connectivity index is 1.66. The van der Waals surface area contributed by atoms with Gasteiger partial charge in [-0.1, -0.05) is 38.2 Å². The maximum Gasteiger partial charge on any atom is 0.406 e. The number of piperidine rings is 1. The van der Waals surface area contributed by atoms with Crippen molar-refractivity contribution in [2.24, 2.45) is 11.8 Å². The molecule has 1 heterocycles. The lowest BCUT2D eigenvalue weighted by Crippen LogP contribution is -2.52. The minimum absolute atomic E-state index is 0.0132. The number of nitrogens with zero attached hydrogens (tertiary/aromatic N) is 1. The lowest BCUT2D eigenvalue weighted by molar-refractivity contribution is -0.00915. The van der Waals surface area contributed by atoms with E-state index in [0.717, 1.165) is 36.9 Å². The average Bonchev–Trinajstić information content (AvgIpc) is 2.91. The van der Waals surface area contributed by atoms with Crippen LogP contribution in [0.4, 0.5) is 14.0 Å².